The van der Waals surface area contributed by atoms with Gasteiger partial charge in [-0.2, -0.15) is 10.1 Å². The molecule has 0 fully saturated rings. The highest BCUT2D eigenvalue weighted by Crippen LogP contribution is 2.35. The van der Waals surface area contributed by atoms with Crippen LogP contribution in [0.5, 0.6) is 11.5 Å². The first-order valence-electron chi connectivity index (χ1n) is 8.98. The van der Waals surface area contributed by atoms with E-state index in [2.05, 4.69) is 20.2 Å². The highest BCUT2D eigenvalue weighted by Gasteiger charge is 2.15. The number of pyridine rings is 1. The van der Waals surface area contributed by atoms with Crippen LogP contribution >= 0.6 is 0 Å². The monoisotopic (exact) mass is 389 g/mol. The predicted octanol–water partition coefficient (Wildman–Crippen LogP) is 2.33. The summed E-state index contributed by atoms with van der Waals surface area (Å²) in [4.78, 5) is 20.7. The second-order valence-electron chi connectivity index (χ2n) is 6.32. The van der Waals surface area contributed by atoms with E-state index in [1.807, 2.05) is 30.3 Å². The lowest BCUT2D eigenvalue weighted by atomic mass is 10.1. The smallest absolute Gasteiger partial charge is 0.266 e. The van der Waals surface area contributed by atoms with Crippen molar-refractivity contribution in [3.63, 3.8) is 0 Å². The Labute approximate surface area is 164 Å². The van der Waals surface area contributed by atoms with Gasteiger partial charge in [0.1, 0.15) is 5.69 Å². The summed E-state index contributed by atoms with van der Waals surface area (Å²) in [6, 6.07) is 14.2. The van der Waals surface area contributed by atoms with Gasteiger partial charge in [-0.05, 0) is 36.4 Å². The van der Waals surface area contributed by atoms with Crippen molar-refractivity contribution < 1.29 is 14.0 Å². The zero-order chi connectivity index (χ0) is 19.6. The van der Waals surface area contributed by atoms with Crippen molar-refractivity contribution in [1.29, 1.82) is 0 Å². The molecule has 9 nitrogen and oxygen atoms in total. The molecule has 29 heavy (non-hydrogen) atoms. The standard InChI is InChI=1S/C20H15N5O4/c26-19-7-5-14(13-4-6-16-17(11-13)28-12-27-16)23-25(19)10-8-18-22-20(24-29-18)15-3-1-2-9-21-15/h1-7,9,11H,8,10,12H2. The fraction of sp³-hybridized carbons (Fsp3) is 0.150. The van der Waals surface area contributed by atoms with E-state index >= 15 is 0 Å². The lowest BCUT2D eigenvalue weighted by molar-refractivity contribution is 0.174. The van der Waals surface area contributed by atoms with E-state index in [0.29, 0.717) is 47.6 Å². The summed E-state index contributed by atoms with van der Waals surface area (Å²) < 4.78 is 17.4. The fourth-order valence-corrected chi connectivity index (χ4v) is 2.98. The lowest BCUT2D eigenvalue weighted by Crippen LogP contribution is -2.23. The average Bonchev–Trinajstić information content (AvgIpc) is 3.43. The molecule has 0 N–H and O–H groups in total. The Morgan fingerprint density at radius 3 is 2.83 bits per heavy atom. The van der Waals surface area contributed by atoms with Gasteiger partial charge in [-0.25, -0.2) is 4.68 Å². The Kier molecular flexibility index (Phi) is 4.24. The third kappa shape index (κ3) is 3.45. The van der Waals surface area contributed by atoms with Gasteiger partial charge in [-0.15, -0.1) is 0 Å². The minimum Gasteiger partial charge on any atom is -0.454 e. The molecule has 144 valence electrons. The molecule has 0 aliphatic carbocycles. The predicted molar refractivity (Wildman–Crippen MR) is 101 cm³/mol. The quantitative estimate of drug-likeness (QED) is 0.512. The second kappa shape index (κ2) is 7.19. The van der Waals surface area contributed by atoms with Gasteiger partial charge in [0.05, 0.1) is 12.2 Å². The number of benzene rings is 1. The number of hydrogen-bond donors (Lipinski definition) is 0. The molecule has 1 aliphatic rings. The molecule has 0 saturated heterocycles. The molecule has 4 heterocycles. The van der Waals surface area contributed by atoms with Gasteiger partial charge in [0, 0.05) is 24.2 Å². The molecule has 1 aromatic carbocycles. The molecule has 3 aromatic heterocycles. The first-order valence-corrected chi connectivity index (χ1v) is 8.98. The zero-order valence-electron chi connectivity index (χ0n) is 15.2. The van der Waals surface area contributed by atoms with Crippen molar-refractivity contribution in [3.05, 3.63) is 71.0 Å². The van der Waals surface area contributed by atoms with Crippen LogP contribution in [0.3, 0.4) is 0 Å². The second-order valence-corrected chi connectivity index (χ2v) is 6.32. The minimum atomic E-state index is -0.209. The van der Waals surface area contributed by atoms with E-state index in [0.717, 1.165) is 5.56 Å². The van der Waals surface area contributed by atoms with Gasteiger partial charge >= 0.3 is 0 Å². The third-order valence-electron chi connectivity index (χ3n) is 4.43. The van der Waals surface area contributed by atoms with E-state index in [9.17, 15) is 4.79 Å². The van der Waals surface area contributed by atoms with Crippen LogP contribution in [0.2, 0.25) is 0 Å². The van der Waals surface area contributed by atoms with Crippen LogP contribution < -0.4 is 15.0 Å². The molecule has 0 amide bonds. The molecule has 1 aliphatic heterocycles. The third-order valence-corrected chi connectivity index (χ3v) is 4.43. The number of aromatic nitrogens is 5. The maximum Gasteiger partial charge on any atom is 0.266 e. The number of fused-ring (bicyclic) bond motifs is 1. The molecule has 9 heteroatoms. The van der Waals surface area contributed by atoms with Gasteiger partial charge in [0.2, 0.25) is 18.5 Å². The van der Waals surface area contributed by atoms with Crippen LogP contribution in [0.1, 0.15) is 5.89 Å². The molecular formula is C20H15N5O4. The van der Waals surface area contributed by atoms with Gasteiger partial charge < -0.3 is 14.0 Å². The Morgan fingerprint density at radius 2 is 1.93 bits per heavy atom. The summed E-state index contributed by atoms with van der Waals surface area (Å²) >= 11 is 0. The summed E-state index contributed by atoms with van der Waals surface area (Å²) in [5.74, 6) is 2.18. The van der Waals surface area contributed by atoms with E-state index in [-0.39, 0.29) is 12.4 Å². The summed E-state index contributed by atoms with van der Waals surface area (Å²) in [7, 11) is 0. The largest absolute Gasteiger partial charge is 0.454 e. The molecule has 5 rings (SSSR count). The number of ether oxygens (including phenoxy) is 2. The first-order chi connectivity index (χ1) is 14.3. The fourth-order valence-electron chi connectivity index (χ4n) is 2.98. The van der Waals surface area contributed by atoms with Crippen LogP contribution in [-0.2, 0) is 13.0 Å². The van der Waals surface area contributed by atoms with Crippen molar-refractivity contribution in [1.82, 2.24) is 24.9 Å². The van der Waals surface area contributed by atoms with Crippen molar-refractivity contribution in [3.8, 4) is 34.3 Å². The van der Waals surface area contributed by atoms with Crippen molar-refractivity contribution in [2.45, 2.75) is 13.0 Å². The van der Waals surface area contributed by atoms with Gasteiger partial charge in [0.25, 0.3) is 5.56 Å². The molecule has 0 spiro atoms. The van der Waals surface area contributed by atoms with Crippen LogP contribution in [-0.4, -0.2) is 31.7 Å². The molecule has 0 saturated carbocycles. The molecule has 0 atom stereocenters. The van der Waals surface area contributed by atoms with Crippen molar-refractivity contribution in [2.24, 2.45) is 0 Å². The SMILES string of the molecule is O=c1ccc(-c2ccc3c(c2)OCO3)nn1CCc1nc(-c2ccccn2)no1. The first kappa shape index (κ1) is 17.1. The van der Waals surface area contributed by atoms with Crippen LogP contribution in [0, 0.1) is 0 Å². The normalized spacial score (nSPS) is 12.3. The Hall–Kier alpha value is -4.01. The van der Waals surface area contributed by atoms with Gasteiger partial charge in [-0.1, -0.05) is 11.2 Å². The van der Waals surface area contributed by atoms with Gasteiger partial charge in [0.15, 0.2) is 11.5 Å². The number of hydrogen-bond acceptors (Lipinski definition) is 8. The van der Waals surface area contributed by atoms with E-state index in [1.165, 1.54) is 10.7 Å². The van der Waals surface area contributed by atoms with Crippen molar-refractivity contribution in [2.75, 3.05) is 6.79 Å². The molecule has 4 aromatic rings. The molecule has 0 bridgehead atoms. The maximum atomic E-state index is 12.2. The van der Waals surface area contributed by atoms with Crippen molar-refractivity contribution >= 4 is 0 Å². The van der Waals surface area contributed by atoms with E-state index in [1.54, 1.807) is 18.3 Å². The Morgan fingerprint density at radius 1 is 1.00 bits per heavy atom. The minimum absolute atomic E-state index is 0.205. The zero-order valence-corrected chi connectivity index (χ0v) is 15.2. The molecule has 0 unspecified atom stereocenters. The summed E-state index contributed by atoms with van der Waals surface area (Å²) in [6.07, 6.45) is 2.04. The molecule has 0 radical (unpaired) electrons. The molecular weight excluding hydrogens is 374 g/mol. The highest BCUT2D eigenvalue weighted by atomic mass is 16.7. The van der Waals surface area contributed by atoms with Crippen LogP contribution in [0.15, 0.2) is 64.0 Å². The summed E-state index contributed by atoms with van der Waals surface area (Å²) in [5, 5.41) is 8.39. The Bertz CT molecular complexity index is 1220. The summed E-state index contributed by atoms with van der Waals surface area (Å²) in [6.45, 7) is 0.511. The average molecular weight is 389 g/mol. The number of aryl methyl sites for hydroxylation is 2. The highest BCUT2D eigenvalue weighted by molar-refractivity contribution is 5.63. The lowest BCUT2D eigenvalue weighted by Gasteiger charge is -2.06. The van der Waals surface area contributed by atoms with E-state index in [4.69, 9.17) is 14.0 Å². The topological polar surface area (TPSA) is 105 Å². The number of nitrogens with zero attached hydrogens (tertiary/aromatic N) is 5. The van der Waals surface area contributed by atoms with Crippen LogP contribution in [0.25, 0.3) is 22.8 Å². The van der Waals surface area contributed by atoms with Crippen LogP contribution in [0.4, 0.5) is 0 Å². The number of rotatable bonds is 5. The summed E-state index contributed by atoms with van der Waals surface area (Å²) in [5.41, 5.74) is 1.90. The van der Waals surface area contributed by atoms with Gasteiger partial charge in [-0.3, -0.25) is 9.78 Å². The Balaban J connectivity index is 1.35. The maximum absolute atomic E-state index is 12.2. The van der Waals surface area contributed by atoms with E-state index < -0.39 is 0 Å².